The van der Waals surface area contributed by atoms with Crippen molar-refractivity contribution in [3.05, 3.63) is 49.1 Å². The molecule has 0 aliphatic carbocycles. The molecule has 1 saturated heterocycles. The second-order valence-corrected chi connectivity index (χ2v) is 6.55. The molecule has 0 aromatic rings. The summed E-state index contributed by atoms with van der Waals surface area (Å²) in [5.41, 5.74) is 5.96. The molecule has 10 heteroatoms. The number of hydrogen-bond acceptors (Lipinski definition) is 9. The number of aliphatic hydroxyl groups excluding tert-OH is 1. The van der Waals surface area contributed by atoms with Gasteiger partial charge in [0.1, 0.15) is 12.7 Å². The van der Waals surface area contributed by atoms with Crippen molar-refractivity contribution in [3.63, 3.8) is 0 Å². The zero-order chi connectivity index (χ0) is 26.4. The van der Waals surface area contributed by atoms with E-state index in [1.54, 1.807) is 20.8 Å². The molecule has 0 spiro atoms. The van der Waals surface area contributed by atoms with Crippen molar-refractivity contribution < 1.29 is 43.2 Å². The molecular formula is C23H37NO9. The Labute approximate surface area is 195 Å². The predicted molar refractivity (Wildman–Crippen MR) is 124 cm³/mol. The van der Waals surface area contributed by atoms with Crippen LogP contribution in [0.4, 0.5) is 0 Å². The Morgan fingerprint density at radius 3 is 1.76 bits per heavy atom. The minimum Gasteiger partial charge on any atom is -0.466 e. The first-order valence-corrected chi connectivity index (χ1v) is 9.87. The number of methoxy groups -OCH3 is 1. The summed E-state index contributed by atoms with van der Waals surface area (Å²) >= 11 is 0. The molecule has 1 atom stereocenters. The molecule has 3 N–H and O–H groups in total. The van der Waals surface area contributed by atoms with E-state index in [0.717, 1.165) is 6.08 Å². The molecule has 0 saturated carbocycles. The number of amides is 1. The van der Waals surface area contributed by atoms with Crippen LogP contribution in [0.15, 0.2) is 49.1 Å². The molecule has 33 heavy (non-hydrogen) atoms. The monoisotopic (exact) mass is 471 g/mol. The molecule has 0 aromatic carbocycles. The summed E-state index contributed by atoms with van der Waals surface area (Å²) in [4.78, 5) is 41.1. The number of nitrogens with two attached hydrogens (primary N) is 1. The van der Waals surface area contributed by atoms with Crippen LogP contribution in [0.1, 0.15) is 33.6 Å². The first-order valence-electron chi connectivity index (χ1n) is 9.87. The number of aliphatic hydroxyl groups is 1. The fourth-order valence-electron chi connectivity index (χ4n) is 1.08. The largest absolute Gasteiger partial charge is 0.466 e. The Kier molecular flexibility index (Phi) is 22.9. The van der Waals surface area contributed by atoms with Crippen LogP contribution in [0, 0.1) is 0 Å². The van der Waals surface area contributed by atoms with Crippen molar-refractivity contribution in [1.82, 2.24) is 0 Å². The normalized spacial score (nSPS) is 12.3. The highest BCUT2D eigenvalue weighted by atomic mass is 16.6. The number of rotatable bonds is 10. The van der Waals surface area contributed by atoms with Crippen LogP contribution in [-0.4, -0.2) is 68.6 Å². The molecule has 188 valence electrons. The Bertz CT molecular complexity index is 667. The number of esters is 3. The number of primary amides is 1. The van der Waals surface area contributed by atoms with Gasteiger partial charge in [-0.05, 0) is 33.6 Å². The Morgan fingerprint density at radius 1 is 1.00 bits per heavy atom. The predicted octanol–water partition coefficient (Wildman–Crippen LogP) is 1.78. The standard InChI is InChI=1S/C7H10O3.C7H12O3.C5H8O2.C4H7NO/c1-5(2)7(8)10-4-6-3-9-6;1-2-7(9)10-6-4-3-5-8;1-4(2)5(6)7-3;1-3(2)4(5)6/h6H,1,3-4H2,2H3;2,8H,1,3-6H2;1H2,2-3H3;1H2,2H3,(H2,5,6). The van der Waals surface area contributed by atoms with E-state index < -0.39 is 11.9 Å². The molecule has 1 unspecified atom stereocenters. The third kappa shape index (κ3) is 28.8. The average Bonchev–Trinajstić information content (AvgIpc) is 3.59. The van der Waals surface area contributed by atoms with E-state index in [2.05, 4.69) is 35.8 Å². The number of carbonyl (C=O) groups excluding carboxylic acids is 4. The quantitative estimate of drug-likeness (QED) is 0.159. The topological polar surface area (TPSA) is 155 Å². The third-order valence-corrected chi connectivity index (χ3v) is 3.07. The van der Waals surface area contributed by atoms with Gasteiger partial charge in [0, 0.05) is 29.4 Å². The first-order chi connectivity index (χ1) is 15.3. The lowest BCUT2D eigenvalue weighted by atomic mass is 10.3. The number of carbonyl (C=O) groups is 4. The van der Waals surface area contributed by atoms with Gasteiger partial charge in [-0.25, -0.2) is 14.4 Å². The summed E-state index contributed by atoms with van der Waals surface area (Å²) < 4.78 is 18.5. The molecular weight excluding hydrogens is 434 g/mol. The van der Waals surface area contributed by atoms with E-state index in [1.165, 1.54) is 7.11 Å². The number of hydrogen-bond donors (Lipinski definition) is 2. The van der Waals surface area contributed by atoms with Crippen LogP contribution in [0.3, 0.4) is 0 Å². The van der Waals surface area contributed by atoms with Gasteiger partial charge in [-0.15, -0.1) is 0 Å². The molecule has 1 fully saturated rings. The van der Waals surface area contributed by atoms with Gasteiger partial charge in [-0.1, -0.05) is 26.3 Å². The molecule has 1 rings (SSSR count). The van der Waals surface area contributed by atoms with E-state index in [-0.39, 0.29) is 24.6 Å². The zero-order valence-corrected chi connectivity index (χ0v) is 20.0. The number of epoxide rings is 1. The van der Waals surface area contributed by atoms with Crippen LogP contribution in [0.25, 0.3) is 0 Å². The molecule has 1 heterocycles. The molecule has 1 amide bonds. The molecule has 10 nitrogen and oxygen atoms in total. The smallest absolute Gasteiger partial charge is 0.333 e. The molecule has 1 aliphatic heterocycles. The first kappa shape index (κ1) is 34.4. The van der Waals surface area contributed by atoms with Crippen molar-refractivity contribution in [1.29, 1.82) is 0 Å². The summed E-state index contributed by atoms with van der Waals surface area (Å²) in [5.74, 6) is -1.52. The fraction of sp³-hybridized carbons (Fsp3) is 0.478. The minimum absolute atomic E-state index is 0.142. The Hall–Kier alpha value is -3.24. The number of ether oxygens (including phenoxy) is 4. The van der Waals surface area contributed by atoms with Crippen molar-refractivity contribution >= 4 is 23.8 Å². The second-order valence-electron chi connectivity index (χ2n) is 6.55. The maximum atomic E-state index is 10.7. The highest BCUT2D eigenvalue weighted by Gasteiger charge is 2.24. The number of unbranched alkanes of at least 4 members (excludes halogenated alkanes) is 1. The zero-order valence-electron chi connectivity index (χ0n) is 20.0. The van der Waals surface area contributed by atoms with Crippen molar-refractivity contribution in [2.24, 2.45) is 5.73 Å². The lowest BCUT2D eigenvalue weighted by Crippen LogP contribution is -2.10. The van der Waals surface area contributed by atoms with Gasteiger partial charge in [0.15, 0.2) is 0 Å². The van der Waals surface area contributed by atoms with Crippen LogP contribution in [0.5, 0.6) is 0 Å². The molecule has 0 radical (unpaired) electrons. The van der Waals surface area contributed by atoms with Crippen LogP contribution < -0.4 is 5.73 Å². The lowest BCUT2D eigenvalue weighted by Gasteiger charge is -1.99. The summed E-state index contributed by atoms with van der Waals surface area (Å²) in [6, 6.07) is 0. The van der Waals surface area contributed by atoms with Crippen molar-refractivity contribution in [3.8, 4) is 0 Å². The average molecular weight is 472 g/mol. The van der Waals surface area contributed by atoms with Gasteiger partial charge < -0.3 is 29.8 Å². The van der Waals surface area contributed by atoms with E-state index >= 15 is 0 Å². The van der Waals surface area contributed by atoms with E-state index in [4.69, 9.17) is 20.3 Å². The highest BCUT2D eigenvalue weighted by molar-refractivity contribution is 5.90. The Morgan fingerprint density at radius 2 is 1.48 bits per heavy atom. The minimum atomic E-state index is -0.435. The summed E-state index contributed by atoms with van der Waals surface area (Å²) in [6.45, 7) is 19.7. The van der Waals surface area contributed by atoms with Gasteiger partial charge in [0.2, 0.25) is 5.91 Å². The summed E-state index contributed by atoms with van der Waals surface area (Å²) in [5, 5.41) is 8.33. The molecule has 0 aromatic heterocycles. The van der Waals surface area contributed by atoms with Crippen LogP contribution >= 0.6 is 0 Å². The van der Waals surface area contributed by atoms with Crippen LogP contribution in [-0.2, 0) is 38.1 Å². The van der Waals surface area contributed by atoms with Crippen LogP contribution in [0.2, 0.25) is 0 Å². The van der Waals surface area contributed by atoms with Gasteiger partial charge in [-0.3, -0.25) is 4.79 Å². The second kappa shape index (κ2) is 22.0. The fourth-order valence-corrected chi connectivity index (χ4v) is 1.08. The van der Waals surface area contributed by atoms with Gasteiger partial charge in [0.25, 0.3) is 0 Å². The van der Waals surface area contributed by atoms with Gasteiger partial charge in [-0.2, -0.15) is 0 Å². The third-order valence-electron chi connectivity index (χ3n) is 3.07. The lowest BCUT2D eigenvalue weighted by molar-refractivity contribution is -0.139. The van der Waals surface area contributed by atoms with Crippen molar-refractivity contribution in [2.45, 2.75) is 39.7 Å². The van der Waals surface area contributed by atoms with E-state index in [0.29, 0.717) is 49.4 Å². The Balaban J connectivity index is -0.000000373. The SMILES string of the molecule is C=C(C)C(=O)OC.C=C(C)C(=O)OCC1CO1.C=C(C)C(N)=O.C=CC(=O)OCCCCO. The maximum absolute atomic E-state index is 10.7. The van der Waals surface area contributed by atoms with Gasteiger partial charge in [0.05, 0.1) is 20.3 Å². The van der Waals surface area contributed by atoms with E-state index in [9.17, 15) is 19.2 Å². The van der Waals surface area contributed by atoms with Crippen molar-refractivity contribution in [2.75, 3.05) is 33.5 Å². The van der Waals surface area contributed by atoms with E-state index in [1.807, 2.05) is 0 Å². The highest BCUT2D eigenvalue weighted by Crippen LogP contribution is 2.09. The molecule has 0 bridgehead atoms. The maximum Gasteiger partial charge on any atom is 0.333 e. The summed E-state index contributed by atoms with van der Waals surface area (Å²) in [6.07, 6.45) is 2.64. The summed E-state index contributed by atoms with van der Waals surface area (Å²) in [7, 11) is 1.33. The molecule has 1 aliphatic rings. The van der Waals surface area contributed by atoms with Gasteiger partial charge >= 0.3 is 17.9 Å².